The minimum absolute atomic E-state index is 0.0567. The minimum Gasteiger partial charge on any atom is -0.387 e. The van der Waals surface area contributed by atoms with E-state index in [1.54, 1.807) is 6.08 Å². The molecular weight excluding hydrogens is 816 g/mol. The number of hydrogen-bond acceptors (Lipinski definition) is 5. The fourth-order valence-electron chi connectivity index (χ4n) is 7.82. The Labute approximate surface area is 397 Å². The van der Waals surface area contributed by atoms with Gasteiger partial charge in [-0.25, -0.2) is 4.57 Å². The Morgan fingerprint density at radius 1 is 0.547 bits per heavy atom. The van der Waals surface area contributed by atoms with E-state index in [-0.39, 0.29) is 19.1 Å². The molecule has 0 rings (SSSR count). The van der Waals surface area contributed by atoms with Crippen molar-refractivity contribution in [3.05, 3.63) is 48.6 Å². The molecule has 0 saturated heterocycles. The van der Waals surface area contributed by atoms with Gasteiger partial charge in [-0.15, -0.1) is 0 Å². The van der Waals surface area contributed by atoms with Gasteiger partial charge in [0.25, 0.3) is 0 Å². The monoisotopic (exact) mass is 922 g/mol. The van der Waals surface area contributed by atoms with E-state index in [1.807, 2.05) is 27.2 Å². The highest BCUT2D eigenvalue weighted by molar-refractivity contribution is 7.47. The SMILES string of the molecule is CC/C=C\C/C=C\C/C=C\CCCCCCCC(=O)NC(COP(=O)(O)OCC[N+](C)(C)C)C(O)/C=C/CCCCCCCCCCCCCCCCCCCCCCCCCCC. The standard InChI is InChI=1S/C55H105N2O6P/c1-6-8-10-12-14-16-18-20-22-23-24-25-26-27-28-29-30-31-32-33-35-36-38-40-42-44-46-48-54(58)53(52-63-64(60,61)62-51-50-57(3,4)5)56-55(59)49-47-45-43-41-39-37-34-21-19-17-15-13-11-9-7-2/h9,11,15,17,21,34,46,48,53-54,58H,6-8,10,12-14,16,18-20,22-33,35-45,47,49-52H2,1-5H3,(H-,56,59,60,61)/p+1/b11-9-,17-15-,34-21-,48-46+. The number of amides is 1. The van der Waals surface area contributed by atoms with Crippen LogP contribution in [0.5, 0.6) is 0 Å². The van der Waals surface area contributed by atoms with Crippen molar-refractivity contribution >= 4 is 13.7 Å². The van der Waals surface area contributed by atoms with Crippen LogP contribution in [0.3, 0.4) is 0 Å². The maximum atomic E-state index is 12.9. The molecule has 0 saturated carbocycles. The second-order valence-corrected chi connectivity index (χ2v) is 21.0. The molecule has 376 valence electrons. The molecule has 3 atom stereocenters. The molecule has 3 unspecified atom stereocenters. The van der Waals surface area contributed by atoms with Crippen molar-refractivity contribution in [3.63, 3.8) is 0 Å². The highest BCUT2D eigenvalue weighted by Gasteiger charge is 2.27. The first-order valence-electron chi connectivity index (χ1n) is 27.0. The molecule has 0 heterocycles. The Hall–Kier alpha value is -1.54. The van der Waals surface area contributed by atoms with Crippen LogP contribution in [0.25, 0.3) is 0 Å². The number of allylic oxidation sites excluding steroid dienone is 7. The summed E-state index contributed by atoms with van der Waals surface area (Å²) in [5, 5.41) is 13.9. The van der Waals surface area contributed by atoms with Crippen molar-refractivity contribution in [3.8, 4) is 0 Å². The Morgan fingerprint density at radius 2 is 0.938 bits per heavy atom. The highest BCUT2D eigenvalue weighted by Crippen LogP contribution is 2.43. The average molecular weight is 922 g/mol. The molecule has 0 aliphatic carbocycles. The predicted octanol–water partition coefficient (Wildman–Crippen LogP) is 16.0. The number of aliphatic hydroxyl groups excluding tert-OH is 1. The summed E-state index contributed by atoms with van der Waals surface area (Å²) in [5.41, 5.74) is 0. The Bertz CT molecular complexity index is 1180. The fraction of sp³-hybridized carbons (Fsp3) is 0.836. The van der Waals surface area contributed by atoms with Crippen LogP contribution >= 0.6 is 7.82 Å². The number of hydrogen-bond donors (Lipinski definition) is 3. The lowest BCUT2D eigenvalue weighted by atomic mass is 10.0. The van der Waals surface area contributed by atoms with Crippen LogP contribution in [0.2, 0.25) is 0 Å². The number of phosphoric acid groups is 1. The summed E-state index contributed by atoms with van der Waals surface area (Å²) in [6.07, 6.45) is 60.7. The molecule has 0 bridgehead atoms. The highest BCUT2D eigenvalue weighted by atomic mass is 31.2. The second kappa shape index (κ2) is 46.6. The molecule has 0 radical (unpaired) electrons. The van der Waals surface area contributed by atoms with Gasteiger partial charge in [0, 0.05) is 6.42 Å². The number of likely N-dealkylation sites (N-methyl/N-ethyl adjacent to an activating group) is 1. The molecule has 8 nitrogen and oxygen atoms in total. The third kappa shape index (κ3) is 48.4. The van der Waals surface area contributed by atoms with E-state index in [2.05, 4.69) is 55.6 Å². The summed E-state index contributed by atoms with van der Waals surface area (Å²) in [6, 6.07) is -0.857. The summed E-state index contributed by atoms with van der Waals surface area (Å²) < 4.78 is 23.6. The van der Waals surface area contributed by atoms with E-state index in [4.69, 9.17) is 9.05 Å². The van der Waals surface area contributed by atoms with Gasteiger partial charge in [0.1, 0.15) is 13.2 Å². The fourth-order valence-corrected chi connectivity index (χ4v) is 8.56. The van der Waals surface area contributed by atoms with Crippen LogP contribution in [-0.4, -0.2) is 73.4 Å². The number of quaternary nitrogens is 1. The molecule has 0 aliphatic rings. The number of rotatable bonds is 49. The number of carbonyl (C=O) groups is 1. The summed E-state index contributed by atoms with van der Waals surface area (Å²) in [4.78, 5) is 23.2. The number of nitrogens with one attached hydrogen (secondary N) is 1. The van der Waals surface area contributed by atoms with Gasteiger partial charge in [-0.3, -0.25) is 13.8 Å². The van der Waals surface area contributed by atoms with Crippen LogP contribution in [0, 0.1) is 0 Å². The number of nitrogens with zero attached hydrogens (tertiary/aromatic N) is 1. The van der Waals surface area contributed by atoms with E-state index < -0.39 is 20.0 Å². The van der Waals surface area contributed by atoms with E-state index in [0.717, 1.165) is 77.0 Å². The van der Waals surface area contributed by atoms with Gasteiger partial charge >= 0.3 is 7.82 Å². The molecule has 3 N–H and O–H groups in total. The molecule has 0 fully saturated rings. The number of unbranched alkanes of at least 4 members (excludes halogenated alkanes) is 30. The first-order valence-corrected chi connectivity index (χ1v) is 28.5. The Balaban J connectivity index is 4.20. The lowest BCUT2D eigenvalue weighted by Gasteiger charge is -2.25. The normalized spacial score (nSPS) is 14.4. The maximum absolute atomic E-state index is 12.9. The van der Waals surface area contributed by atoms with Crippen molar-refractivity contribution in [1.82, 2.24) is 5.32 Å². The van der Waals surface area contributed by atoms with Crippen molar-refractivity contribution in [2.24, 2.45) is 0 Å². The molecular formula is C55H106N2O6P+. The van der Waals surface area contributed by atoms with Gasteiger partial charge in [0.15, 0.2) is 0 Å². The molecule has 0 aromatic heterocycles. The Kier molecular flexibility index (Phi) is 45.4. The molecule has 0 aromatic rings. The van der Waals surface area contributed by atoms with E-state index in [9.17, 15) is 19.4 Å². The average Bonchev–Trinajstić information content (AvgIpc) is 3.25. The Morgan fingerprint density at radius 3 is 1.38 bits per heavy atom. The van der Waals surface area contributed by atoms with E-state index in [1.165, 1.54) is 148 Å². The molecule has 9 heteroatoms. The van der Waals surface area contributed by atoms with Gasteiger partial charge < -0.3 is 19.8 Å². The molecule has 64 heavy (non-hydrogen) atoms. The zero-order valence-corrected chi connectivity index (χ0v) is 43.7. The summed E-state index contributed by atoms with van der Waals surface area (Å²) >= 11 is 0. The van der Waals surface area contributed by atoms with E-state index in [0.29, 0.717) is 17.4 Å². The lowest BCUT2D eigenvalue weighted by Crippen LogP contribution is -2.45. The van der Waals surface area contributed by atoms with Crippen molar-refractivity contribution < 1.29 is 32.9 Å². The maximum Gasteiger partial charge on any atom is 0.472 e. The van der Waals surface area contributed by atoms with Crippen LogP contribution in [-0.2, 0) is 18.4 Å². The topological polar surface area (TPSA) is 105 Å². The van der Waals surface area contributed by atoms with Crippen molar-refractivity contribution in [1.29, 1.82) is 0 Å². The van der Waals surface area contributed by atoms with Crippen LogP contribution < -0.4 is 5.32 Å². The first kappa shape index (κ1) is 62.5. The minimum atomic E-state index is -4.35. The zero-order valence-electron chi connectivity index (χ0n) is 42.8. The predicted molar refractivity (Wildman–Crippen MR) is 277 cm³/mol. The van der Waals surface area contributed by atoms with Gasteiger partial charge in [-0.05, 0) is 51.4 Å². The van der Waals surface area contributed by atoms with Crippen molar-refractivity contribution in [2.75, 3.05) is 40.9 Å². The molecule has 1 amide bonds. The van der Waals surface area contributed by atoms with Crippen LogP contribution in [0.15, 0.2) is 48.6 Å². The summed E-state index contributed by atoms with van der Waals surface area (Å²) in [5.74, 6) is -0.193. The van der Waals surface area contributed by atoms with Crippen molar-refractivity contribution in [2.45, 2.75) is 257 Å². The van der Waals surface area contributed by atoms with Gasteiger partial charge in [-0.1, -0.05) is 236 Å². The second-order valence-electron chi connectivity index (χ2n) is 19.6. The lowest BCUT2D eigenvalue weighted by molar-refractivity contribution is -0.870. The quantitative estimate of drug-likeness (QED) is 0.0243. The van der Waals surface area contributed by atoms with E-state index >= 15 is 0 Å². The van der Waals surface area contributed by atoms with Gasteiger partial charge in [0.05, 0.1) is 39.9 Å². The van der Waals surface area contributed by atoms with Crippen LogP contribution in [0.1, 0.15) is 245 Å². The van der Waals surface area contributed by atoms with Gasteiger partial charge in [-0.2, -0.15) is 0 Å². The number of phosphoric ester groups is 1. The summed E-state index contributed by atoms with van der Waals surface area (Å²) in [6.45, 7) is 4.71. The van der Waals surface area contributed by atoms with Crippen LogP contribution in [0.4, 0.5) is 0 Å². The number of carbonyl (C=O) groups excluding carboxylic acids is 1. The first-order chi connectivity index (χ1) is 31.0. The molecule has 0 spiro atoms. The number of aliphatic hydroxyl groups is 1. The third-order valence-electron chi connectivity index (χ3n) is 12.1. The smallest absolute Gasteiger partial charge is 0.387 e. The third-order valence-corrected chi connectivity index (χ3v) is 13.0. The zero-order chi connectivity index (χ0) is 47.1. The molecule has 0 aromatic carbocycles. The summed E-state index contributed by atoms with van der Waals surface area (Å²) in [7, 11) is 1.56. The molecule has 0 aliphatic heterocycles. The van der Waals surface area contributed by atoms with Gasteiger partial charge in [0.2, 0.25) is 5.91 Å². The largest absolute Gasteiger partial charge is 0.472 e.